The third-order valence-corrected chi connectivity index (χ3v) is 7.08. The molecular formula is C27H30F2N4OS. The van der Waals surface area contributed by atoms with Crippen molar-refractivity contribution in [2.45, 2.75) is 33.7 Å². The third kappa shape index (κ3) is 5.49. The number of ketones is 1. The molecule has 0 aliphatic rings. The Bertz CT molecular complexity index is 1350. The van der Waals surface area contributed by atoms with Gasteiger partial charge in [-0.15, -0.1) is 0 Å². The van der Waals surface area contributed by atoms with Gasteiger partial charge >= 0.3 is 0 Å². The van der Waals surface area contributed by atoms with Crippen LogP contribution in [-0.2, 0) is 0 Å². The number of nitrogens with zero attached hydrogens (tertiary/aromatic N) is 2. The number of halogens is 2. The van der Waals surface area contributed by atoms with E-state index in [0.717, 1.165) is 17.2 Å². The molecule has 0 saturated heterocycles. The average Bonchev–Trinajstić information content (AvgIpc) is 3.30. The first-order valence-corrected chi connectivity index (χ1v) is 12.7. The van der Waals surface area contributed by atoms with E-state index >= 15 is 4.39 Å². The van der Waals surface area contributed by atoms with Crippen molar-refractivity contribution in [1.82, 2.24) is 14.3 Å². The Balaban J connectivity index is 0.00000167. The van der Waals surface area contributed by atoms with Crippen LogP contribution in [-0.4, -0.2) is 39.0 Å². The number of aromatic amines is 1. The second kappa shape index (κ2) is 11.4. The van der Waals surface area contributed by atoms with Crippen LogP contribution < -0.4 is 4.72 Å². The molecule has 0 aliphatic heterocycles. The van der Waals surface area contributed by atoms with Crippen LogP contribution in [0.25, 0.3) is 22.2 Å². The maximum absolute atomic E-state index is 15.4. The summed E-state index contributed by atoms with van der Waals surface area (Å²) in [5.41, 5.74) is 1.74. The Morgan fingerprint density at radius 2 is 1.80 bits per heavy atom. The van der Waals surface area contributed by atoms with Gasteiger partial charge in [-0.25, -0.2) is 18.1 Å². The Morgan fingerprint density at radius 3 is 2.46 bits per heavy atom. The number of pyridine rings is 1. The highest BCUT2D eigenvalue weighted by atomic mass is 32.2. The zero-order chi connectivity index (χ0) is 25.7. The molecule has 4 rings (SSSR count). The van der Waals surface area contributed by atoms with Crippen molar-refractivity contribution in [2.75, 3.05) is 11.8 Å². The van der Waals surface area contributed by atoms with E-state index < -0.39 is 33.8 Å². The van der Waals surface area contributed by atoms with E-state index in [1.165, 1.54) is 12.3 Å². The van der Waals surface area contributed by atoms with Crippen LogP contribution in [0.3, 0.4) is 0 Å². The maximum Gasteiger partial charge on any atom is 0.201 e. The Hall–Kier alpha value is -3.36. The summed E-state index contributed by atoms with van der Waals surface area (Å²) in [4.78, 5) is 20.6. The number of hydrogen-bond donors (Lipinski definition) is 2. The minimum atomic E-state index is -0.945. The summed E-state index contributed by atoms with van der Waals surface area (Å²) in [5.74, 6) is 1.38. The second-order valence-electron chi connectivity index (χ2n) is 7.91. The first-order chi connectivity index (χ1) is 16.8. The van der Waals surface area contributed by atoms with Gasteiger partial charge in [0, 0.05) is 34.9 Å². The normalized spacial score (nSPS) is 11.9. The number of rotatable bonds is 7. The Kier molecular flexibility index (Phi) is 8.53. The molecule has 0 radical (unpaired) electrons. The molecule has 2 aromatic carbocycles. The molecule has 1 atom stereocenters. The molecule has 8 heteroatoms. The number of H-pyrrole nitrogens is 1. The summed E-state index contributed by atoms with van der Waals surface area (Å²) >= 11 is 0. The lowest BCUT2D eigenvalue weighted by Gasteiger charge is -2.25. The van der Waals surface area contributed by atoms with E-state index in [4.69, 9.17) is 0 Å². The molecule has 0 spiro atoms. The fraction of sp³-hybridized carbons (Fsp3) is 0.222. The van der Waals surface area contributed by atoms with Gasteiger partial charge in [0.2, 0.25) is 5.78 Å². The Labute approximate surface area is 207 Å². The van der Waals surface area contributed by atoms with Crippen LogP contribution in [0.2, 0.25) is 0 Å². The monoisotopic (exact) mass is 496 g/mol. The number of aromatic nitrogens is 2. The molecule has 4 aromatic rings. The van der Waals surface area contributed by atoms with Crippen molar-refractivity contribution < 1.29 is 13.6 Å². The smallest absolute Gasteiger partial charge is 0.201 e. The van der Waals surface area contributed by atoms with Crippen LogP contribution in [0.4, 0.5) is 14.5 Å². The molecule has 0 saturated carbocycles. The zero-order valence-electron chi connectivity index (χ0n) is 20.5. The van der Waals surface area contributed by atoms with Crippen molar-refractivity contribution >= 4 is 39.2 Å². The largest absolute Gasteiger partial charge is 0.345 e. The van der Waals surface area contributed by atoms with E-state index in [2.05, 4.69) is 20.6 Å². The lowest BCUT2D eigenvalue weighted by atomic mass is 10.00. The predicted octanol–water partition coefficient (Wildman–Crippen LogP) is 7.05. The van der Waals surface area contributed by atoms with Gasteiger partial charge in [-0.05, 0) is 61.4 Å². The highest BCUT2D eigenvalue weighted by Gasteiger charge is 2.25. The lowest BCUT2D eigenvalue weighted by molar-refractivity contribution is 0.103. The molecule has 2 aromatic heterocycles. The molecule has 0 bridgehead atoms. The Morgan fingerprint density at radius 1 is 1.11 bits per heavy atom. The lowest BCUT2D eigenvalue weighted by Crippen LogP contribution is -2.23. The summed E-state index contributed by atoms with van der Waals surface area (Å²) in [6.45, 7) is 7.97. The third-order valence-electron chi connectivity index (χ3n) is 5.50. The molecule has 184 valence electrons. The molecule has 0 aliphatic carbocycles. The second-order valence-corrected chi connectivity index (χ2v) is 9.42. The molecule has 1 unspecified atom stereocenters. The van der Waals surface area contributed by atoms with E-state index in [1.807, 2.05) is 69.4 Å². The number of hydrogen-bond acceptors (Lipinski definition) is 4. The van der Waals surface area contributed by atoms with Gasteiger partial charge in [-0.2, -0.15) is 0 Å². The van der Waals surface area contributed by atoms with Gasteiger partial charge in [-0.1, -0.05) is 44.2 Å². The standard InChI is InChI=1S/C25H24F2N4OS.C2H6/c1-15(2)31(3)33(4)30-21-11-10-20(26)22(23(21)27)24(32)19-14-29-25-18(19)12-17(13-28-25)16-8-6-5-7-9-16;1-2/h5-15,30H,4H2,1-3H3,(H,28,29);1-2H3. The summed E-state index contributed by atoms with van der Waals surface area (Å²) in [6, 6.07) is 13.9. The van der Waals surface area contributed by atoms with Crippen LogP contribution in [0.1, 0.15) is 43.6 Å². The van der Waals surface area contributed by atoms with Crippen LogP contribution >= 0.6 is 10.9 Å². The number of anilines is 1. The first-order valence-electron chi connectivity index (χ1n) is 11.4. The summed E-state index contributed by atoms with van der Waals surface area (Å²) in [5, 5.41) is 0.495. The number of benzene rings is 2. The quantitative estimate of drug-likeness (QED) is 0.213. The van der Waals surface area contributed by atoms with Crippen molar-refractivity contribution in [3.8, 4) is 11.1 Å². The van der Waals surface area contributed by atoms with Gasteiger partial charge in [0.15, 0.2) is 5.82 Å². The van der Waals surface area contributed by atoms with Crippen molar-refractivity contribution in [1.29, 1.82) is 0 Å². The van der Waals surface area contributed by atoms with Gasteiger partial charge in [0.05, 0.1) is 11.3 Å². The predicted molar refractivity (Wildman–Crippen MR) is 144 cm³/mol. The molecular weight excluding hydrogens is 466 g/mol. The van der Waals surface area contributed by atoms with Gasteiger partial charge < -0.3 is 9.71 Å². The van der Waals surface area contributed by atoms with Crippen LogP contribution in [0, 0.1) is 11.6 Å². The van der Waals surface area contributed by atoms with Crippen LogP contribution in [0.5, 0.6) is 0 Å². The van der Waals surface area contributed by atoms with Gasteiger partial charge in [0.25, 0.3) is 0 Å². The van der Waals surface area contributed by atoms with Crippen molar-refractivity contribution in [3.05, 3.63) is 83.7 Å². The molecule has 2 N–H and O–H groups in total. The van der Waals surface area contributed by atoms with E-state index in [0.29, 0.717) is 11.0 Å². The highest BCUT2D eigenvalue weighted by molar-refractivity contribution is 8.13. The van der Waals surface area contributed by atoms with E-state index in [1.54, 1.807) is 12.3 Å². The molecule has 5 nitrogen and oxygen atoms in total. The van der Waals surface area contributed by atoms with E-state index in [-0.39, 0.29) is 17.3 Å². The summed E-state index contributed by atoms with van der Waals surface area (Å²) < 4.78 is 34.9. The molecule has 0 amide bonds. The molecule has 35 heavy (non-hydrogen) atoms. The highest BCUT2D eigenvalue weighted by Crippen LogP contribution is 2.31. The fourth-order valence-corrected chi connectivity index (χ4v) is 4.47. The molecule has 2 heterocycles. The fourth-order valence-electron chi connectivity index (χ4n) is 3.41. The zero-order valence-corrected chi connectivity index (χ0v) is 21.3. The van der Waals surface area contributed by atoms with E-state index in [9.17, 15) is 9.18 Å². The summed E-state index contributed by atoms with van der Waals surface area (Å²) in [6.07, 6.45) is 3.13. The first kappa shape index (κ1) is 26.2. The topological polar surface area (TPSA) is 61.0 Å². The maximum atomic E-state index is 15.4. The minimum absolute atomic E-state index is 0.0218. The van der Waals surface area contributed by atoms with Gasteiger partial charge in [-0.3, -0.25) is 4.79 Å². The number of fused-ring (bicyclic) bond motifs is 1. The van der Waals surface area contributed by atoms with Crippen LogP contribution in [0.15, 0.2) is 60.9 Å². The number of nitrogens with one attached hydrogen (secondary N) is 2. The van der Waals surface area contributed by atoms with Crippen molar-refractivity contribution in [3.63, 3.8) is 0 Å². The molecule has 0 fully saturated rings. The number of carbonyl (C=O) groups excluding carboxylic acids is 1. The summed E-state index contributed by atoms with van der Waals surface area (Å²) in [7, 11) is 1.08. The van der Waals surface area contributed by atoms with Crippen molar-refractivity contribution in [2.24, 2.45) is 0 Å². The van der Waals surface area contributed by atoms with Gasteiger partial charge in [0.1, 0.15) is 11.5 Å². The SMILES string of the molecule is C=S(Nc1ccc(F)c(C(=O)c2c[nH]c3ncc(-c4ccccc4)cc23)c1F)N(C)C(C)C.CC. The minimum Gasteiger partial charge on any atom is -0.345 e. The number of carbonyl (C=O) groups is 1. The average molecular weight is 497 g/mol.